The van der Waals surface area contributed by atoms with Crippen LogP contribution in [0.4, 0.5) is 0 Å². The van der Waals surface area contributed by atoms with E-state index in [4.69, 9.17) is 4.74 Å². The molecule has 0 saturated carbocycles. The van der Waals surface area contributed by atoms with E-state index in [9.17, 15) is 4.79 Å². The second kappa shape index (κ2) is 7.11. The van der Waals surface area contributed by atoms with Gasteiger partial charge < -0.3 is 15.0 Å². The van der Waals surface area contributed by atoms with Gasteiger partial charge in [0.05, 0.1) is 13.7 Å². The van der Waals surface area contributed by atoms with Gasteiger partial charge in [-0.15, -0.1) is 0 Å². The van der Waals surface area contributed by atoms with Crippen LogP contribution < -0.4 is 10.1 Å². The SMILES string of the molecule is COc1cccc(CN2CCN(CC3CCNC3)CC2=O)c1. The highest BCUT2D eigenvalue weighted by Crippen LogP contribution is 2.17. The number of rotatable bonds is 5. The number of carbonyl (C=O) groups is 1. The van der Waals surface area contributed by atoms with Crippen molar-refractivity contribution in [2.75, 3.05) is 46.4 Å². The fourth-order valence-electron chi connectivity index (χ4n) is 3.31. The first kappa shape index (κ1) is 15.3. The molecule has 1 unspecified atom stereocenters. The first-order chi connectivity index (χ1) is 10.7. The number of methoxy groups -OCH3 is 1. The molecule has 2 aliphatic rings. The lowest BCUT2D eigenvalue weighted by atomic mass is 10.1. The van der Waals surface area contributed by atoms with Crippen molar-refractivity contribution in [1.29, 1.82) is 0 Å². The maximum atomic E-state index is 12.4. The largest absolute Gasteiger partial charge is 0.497 e. The van der Waals surface area contributed by atoms with E-state index in [1.54, 1.807) is 7.11 Å². The van der Waals surface area contributed by atoms with Gasteiger partial charge in [0.25, 0.3) is 0 Å². The van der Waals surface area contributed by atoms with Crippen molar-refractivity contribution in [2.24, 2.45) is 5.92 Å². The van der Waals surface area contributed by atoms with Gasteiger partial charge in [-0.25, -0.2) is 0 Å². The summed E-state index contributed by atoms with van der Waals surface area (Å²) in [4.78, 5) is 16.6. The Morgan fingerprint density at radius 3 is 3.00 bits per heavy atom. The summed E-state index contributed by atoms with van der Waals surface area (Å²) in [7, 11) is 1.67. The Bertz CT molecular complexity index is 514. The van der Waals surface area contributed by atoms with Crippen molar-refractivity contribution in [2.45, 2.75) is 13.0 Å². The van der Waals surface area contributed by atoms with Crippen LogP contribution in [-0.4, -0.2) is 62.1 Å². The van der Waals surface area contributed by atoms with Gasteiger partial charge in [0.1, 0.15) is 5.75 Å². The standard InChI is InChI=1S/C17H25N3O2/c1-22-16-4-2-3-14(9-16)12-20-8-7-19(13-17(20)21)11-15-5-6-18-10-15/h2-4,9,15,18H,5-8,10-13H2,1H3. The molecule has 0 aromatic heterocycles. The minimum atomic E-state index is 0.236. The van der Waals surface area contributed by atoms with Crippen LogP contribution in [0.25, 0.3) is 0 Å². The van der Waals surface area contributed by atoms with Gasteiger partial charge >= 0.3 is 0 Å². The summed E-state index contributed by atoms with van der Waals surface area (Å²) in [5.74, 6) is 1.79. The fourth-order valence-corrected chi connectivity index (χ4v) is 3.31. The number of hydrogen-bond acceptors (Lipinski definition) is 4. The molecule has 1 amide bonds. The molecule has 1 aromatic rings. The molecule has 2 fully saturated rings. The van der Waals surface area contributed by atoms with Gasteiger partial charge in [0.2, 0.25) is 5.91 Å². The van der Waals surface area contributed by atoms with Crippen molar-refractivity contribution < 1.29 is 9.53 Å². The van der Waals surface area contributed by atoms with Crippen molar-refractivity contribution in [3.63, 3.8) is 0 Å². The van der Waals surface area contributed by atoms with E-state index in [0.29, 0.717) is 19.0 Å². The quantitative estimate of drug-likeness (QED) is 0.880. The van der Waals surface area contributed by atoms with Crippen LogP contribution in [0.5, 0.6) is 5.75 Å². The maximum Gasteiger partial charge on any atom is 0.237 e. The van der Waals surface area contributed by atoms with Crippen molar-refractivity contribution in [1.82, 2.24) is 15.1 Å². The van der Waals surface area contributed by atoms with E-state index in [2.05, 4.69) is 10.2 Å². The Labute approximate surface area is 132 Å². The van der Waals surface area contributed by atoms with E-state index in [0.717, 1.165) is 44.0 Å². The van der Waals surface area contributed by atoms with Crippen LogP contribution >= 0.6 is 0 Å². The third kappa shape index (κ3) is 3.78. The molecule has 120 valence electrons. The highest BCUT2D eigenvalue weighted by Gasteiger charge is 2.26. The molecule has 0 radical (unpaired) electrons. The highest BCUT2D eigenvalue weighted by molar-refractivity contribution is 5.79. The minimum Gasteiger partial charge on any atom is -0.497 e. The Morgan fingerprint density at radius 2 is 2.27 bits per heavy atom. The summed E-state index contributed by atoms with van der Waals surface area (Å²) in [6.45, 7) is 6.29. The maximum absolute atomic E-state index is 12.4. The summed E-state index contributed by atoms with van der Waals surface area (Å²) < 4.78 is 5.24. The average molecular weight is 303 g/mol. The zero-order valence-corrected chi connectivity index (χ0v) is 13.3. The van der Waals surface area contributed by atoms with Gasteiger partial charge in [-0.05, 0) is 43.1 Å². The molecule has 2 aliphatic heterocycles. The van der Waals surface area contributed by atoms with E-state index < -0.39 is 0 Å². The van der Waals surface area contributed by atoms with Crippen LogP contribution in [0.3, 0.4) is 0 Å². The lowest BCUT2D eigenvalue weighted by Gasteiger charge is -2.35. The zero-order chi connectivity index (χ0) is 15.4. The Hall–Kier alpha value is -1.59. The summed E-state index contributed by atoms with van der Waals surface area (Å²) in [6.07, 6.45) is 1.23. The molecule has 0 aliphatic carbocycles. The number of nitrogens with one attached hydrogen (secondary N) is 1. The predicted molar refractivity (Wildman–Crippen MR) is 85.8 cm³/mol. The van der Waals surface area contributed by atoms with Crippen LogP contribution in [0.15, 0.2) is 24.3 Å². The molecule has 2 saturated heterocycles. The number of hydrogen-bond donors (Lipinski definition) is 1. The smallest absolute Gasteiger partial charge is 0.237 e. The molecule has 0 bridgehead atoms. The molecular formula is C17H25N3O2. The first-order valence-corrected chi connectivity index (χ1v) is 8.08. The third-order valence-electron chi connectivity index (χ3n) is 4.58. The van der Waals surface area contributed by atoms with Gasteiger partial charge in [-0.3, -0.25) is 9.69 Å². The van der Waals surface area contributed by atoms with E-state index >= 15 is 0 Å². The zero-order valence-electron chi connectivity index (χ0n) is 13.3. The van der Waals surface area contributed by atoms with Crippen LogP contribution in [-0.2, 0) is 11.3 Å². The molecule has 1 aromatic carbocycles. The lowest BCUT2D eigenvalue weighted by molar-refractivity contribution is -0.136. The lowest BCUT2D eigenvalue weighted by Crippen LogP contribution is -2.51. The average Bonchev–Trinajstić information content (AvgIpc) is 3.03. The molecule has 1 N–H and O–H groups in total. The molecule has 5 nitrogen and oxygen atoms in total. The second-order valence-electron chi connectivity index (χ2n) is 6.26. The number of benzene rings is 1. The van der Waals surface area contributed by atoms with Crippen molar-refractivity contribution in [3.8, 4) is 5.75 Å². The summed E-state index contributed by atoms with van der Waals surface area (Å²) in [5, 5.41) is 3.39. The number of nitrogens with zero attached hydrogens (tertiary/aromatic N) is 2. The summed E-state index contributed by atoms with van der Waals surface area (Å²) >= 11 is 0. The first-order valence-electron chi connectivity index (χ1n) is 8.08. The molecule has 3 rings (SSSR count). The minimum absolute atomic E-state index is 0.236. The van der Waals surface area contributed by atoms with Gasteiger partial charge in [-0.2, -0.15) is 0 Å². The molecule has 1 atom stereocenters. The van der Waals surface area contributed by atoms with Crippen LogP contribution in [0, 0.1) is 5.92 Å². The fraction of sp³-hybridized carbons (Fsp3) is 0.588. The van der Waals surface area contributed by atoms with E-state index in [-0.39, 0.29) is 5.91 Å². The van der Waals surface area contributed by atoms with Crippen molar-refractivity contribution in [3.05, 3.63) is 29.8 Å². The predicted octanol–water partition coefficient (Wildman–Crippen LogP) is 0.949. The van der Waals surface area contributed by atoms with Crippen molar-refractivity contribution >= 4 is 5.91 Å². The highest BCUT2D eigenvalue weighted by atomic mass is 16.5. The van der Waals surface area contributed by atoms with Crippen LogP contribution in [0.1, 0.15) is 12.0 Å². The number of piperazine rings is 1. The monoisotopic (exact) mass is 303 g/mol. The molecule has 22 heavy (non-hydrogen) atoms. The Balaban J connectivity index is 1.52. The summed E-state index contributed by atoms with van der Waals surface area (Å²) in [6, 6.07) is 7.96. The number of carbonyl (C=O) groups excluding carboxylic acids is 1. The third-order valence-corrected chi connectivity index (χ3v) is 4.58. The number of amides is 1. The van der Waals surface area contributed by atoms with E-state index in [1.807, 2.05) is 29.2 Å². The Kier molecular flexibility index (Phi) is 4.95. The molecular weight excluding hydrogens is 278 g/mol. The second-order valence-corrected chi connectivity index (χ2v) is 6.26. The molecule has 2 heterocycles. The normalized spacial score (nSPS) is 23.0. The van der Waals surface area contributed by atoms with Gasteiger partial charge in [-0.1, -0.05) is 12.1 Å². The molecule has 5 heteroatoms. The van der Waals surface area contributed by atoms with Gasteiger partial charge in [0.15, 0.2) is 0 Å². The van der Waals surface area contributed by atoms with Crippen LogP contribution in [0.2, 0.25) is 0 Å². The summed E-state index contributed by atoms with van der Waals surface area (Å²) in [5.41, 5.74) is 1.13. The van der Waals surface area contributed by atoms with Gasteiger partial charge in [0, 0.05) is 26.2 Å². The number of ether oxygens (including phenoxy) is 1. The van der Waals surface area contributed by atoms with E-state index in [1.165, 1.54) is 6.42 Å². The topological polar surface area (TPSA) is 44.8 Å². The Morgan fingerprint density at radius 1 is 1.36 bits per heavy atom. The molecule has 0 spiro atoms.